The van der Waals surface area contributed by atoms with Crippen molar-refractivity contribution in [3.8, 4) is 0 Å². The van der Waals surface area contributed by atoms with Gasteiger partial charge in [0.25, 0.3) is 0 Å². The lowest BCUT2D eigenvalue weighted by atomic mass is 9.98. The Kier molecular flexibility index (Phi) is 8.53. The van der Waals surface area contributed by atoms with Crippen LogP contribution in [0.5, 0.6) is 0 Å². The molecule has 4 rings (SSSR count). The van der Waals surface area contributed by atoms with Crippen LogP contribution in [0.25, 0.3) is 0 Å². The van der Waals surface area contributed by atoms with Crippen LogP contribution in [0.3, 0.4) is 0 Å². The maximum absolute atomic E-state index is 13.0. The molecule has 1 N–H and O–H groups in total. The molecule has 0 aromatic heterocycles. The van der Waals surface area contributed by atoms with Crippen molar-refractivity contribution in [1.29, 1.82) is 0 Å². The summed E-state index contributed by atoms with van der Waals surface area (Å²) in [5.74, 6) is -0.674. The first kappa shape index (κ1) is 25.5. The van der Waals surface area contributed by atoms with E-state index in [9.17, 15) is 13.2 Å². The molecule has 34 heavy (non-hydrogen) atoms. The first-order valence-electron chi connectivity index (χ1n) is 11.8. The number of sulfonamides is 1. The first-order valence-corrected chi connectivity index (χ1v) is 14.2. The molecule has 0 saturated carbocycles. The second-order valence-electron chi connectivity index (χ2n) is 9.21. The molecule has 1 unspecified atom stereocenters. The molecule has 2 aromatic carbocycles. The number of benzene rings is 2. The number of nitrogens with one attached hydrogen (secondary N) is 1. The maximum atomic E-state index is 13.0. The van der Waals surface area contributed by atoms with Crippen molar-refractivity contribution >= 4 is 39.1 Å². The van der Waals surface area contributed by atoms with E-state index in [1.54, 1.807) is 18.2 Å². The molecule has 2 aromatic rings. The highest BCUT2D eigenvalue weighted by Crippen LogP contribution is 2.26. The van der Waals surface area contributed by atoms with Crippen molar-refractivity contribution in [1.82, 2.24) is 14.5 Å². The van der Waals surface area contributed by atoms with E-state index in [2.05, 4.69) is 22.3 Å². The molecule has 9 heteroatoms. The van der Waals surface area contributed by atoms with Crippen molar-refractivity contribution in [2.24, 2.45) is 5.92 Å². The number of amides is 1. The highest BCUT2D eigenvalue weighted by Gasteiger charge is 2.32. The van der Waals surface area contributed by atoms with Crippen LogP contribution >= 0.6 is 23.2 Å². The zero-order valence-electron chi connectivity index (χ0n) is 19.2. The summed E-state index contributed by atoms with van der Waals surface area (Å²) in [5, 5.41) is 3.81. The third kappa shape index (κ3) is 6.73. The Morgan fingerprint density at radius 3 is 2.53 bits per heavy atom. The molecule has 1 amide bonds. The van der Waals surface area contributed by atoms with Gasteiger partial charge in [0.15, 0.2) is 0 Å². The summed E-state index contributed by atoms with van der Waals surface area (Å²) in [4.78, 5) is 15.3. The predicted octanol–water partition coefficient (Wildman–Crippen LogP) is 4.45. The molecule has 2 aliphatic heterocycles. The van der Waals surface area contributed by atoms with E-state index in [1.165, 1.54) is 22.7 Å². The average molecular weight is 525 g/mol. The number of hydrogen-bond acceptors (Lipinski definition) is 4. The van der Waals surface area contributed by atoms with Crippen molar-refractivity contribution in [3.05, 3.63) is 69.2 Å². The summed E-state index contributed by atoms with van der Waals surface area (Å²) in [6, 6.07) is 13.1. The van der Waals surface area contributed by atoms with Crippen molar-refractivity contribution < 1.29 is 13.2 Å². The van der Waals surface area contributed by atoms with Gasteiger partial charge in [-0.15, -0.1) is 0 Å². The van der Waals surface area contributed by atoms with Crippen molar-refractivity contribution in [2.75, 3.05) is 26.2 Å². The minimum absolute atomic E-state index is 0.102. The number of rotatable bonds is 8. The molecule has 2 aliphatic rings. The lowest BCUT2D eigenvalue weighted by molar-refractivity contribution is -0.126. The van der Waals surface area contributed by atoms with Gasteiger partial charge < -0.3 is 5.32 Å². The maximum Gasteiger partial charge on any atom is 0.224 e. The summed E-state index contributed by atoms with van der Waals surface area (Å²) in [5.41, 5.74) is 2.82. The fourth-order valence-corrected chi connectivity index (χ4v) is 6.90. The fraction of sp³-hybridized carbons (Fsp3) is 0.480. The smallest absolute Gasteiger partial charge is 0.224 e. The lowest BCUT2D eigenvalue weighted by Crippen LogP contribution is -2.45. The van der Waals surface area contributed by atoms with Gasteiger partial charge in [0.05, 0.1) is 11.7 Å². The van der Waals surface area contributed by atoms with Crippen LogP contribution in [0.2, 0.25) is 10.0 Å². The predicted molar refractivity (Wildman–Crippen MR) is 136 cm³/mol. The van der Waals surface area contributed by atoms with Gasteiger partial charge in [-0.2, -0.15) is 0 Å². The molecule has 2 heterocycles. The van der Waals surface area contributed by atoms with Gasteiger partial charge in [-0.1, -0.05) is 53.5 Å². The topological polar surface area (TPSA) is 69.7 Å². The third-order valence-corrected chi connectivity index (χ3v) is 8.95. The zero-order valence-corrected chi connectivity index (χ0v) is 21.5. The molecular formula is C25H31Cl2N3O3S. The van der Waals surface area contributed by atoms with E-state index < -0.39 is 10.0 Å². The highest BCUT2D eigenvalue weighted by molar-refractivity contribution is 7.88. The summed E-state index contributed by atoms with van der Waals surface area (Å²) in [6.07, 6.45) is 3.85. The summed E-state index contributed by atoms with van der Waals surface area (Å²) < 4.78 is 27.5. The van der Waals surface area contributed by atoms with Gasteiger partial charge in [0, 0.05) is 36.2 Å². The molecule has 0 radical (unpaired) electrons. The Labute approximate surface area is 212 Å². The Morgan fingerprint density at radius 1 is 1.00 bits per heavy atom. The molecule has 0 spiro atoms. The number of hydrogen-bond donors (Lipinski definition) is 1. The molecule has 6 nitrogen and oxygen atoms in total. The fourth-order valence-electron chi connectivity index (χ4n) is 4.71. The van der Waals surface area contributed by atoms with Crippen LogP contribution in [-0.4, -0.2) is 49.7 Å². The number of piperidine rings is 1. The zero-order chi connectivity index (χ0) is 24.1. The van der Waals surface area contributed by atoms with E-state index in [0.717, 1.165) is 25.2 Å². The van der Waals surface area contributed by atoms with Crippen LogP contribution in [0.15, 0.2) is 42.5 Å². The monoisotopic (exact) mass is 523 g/mol. The molecule has 0 bridgehead atoms. The largest absolute Gasteiger partial charge is 0.352 e. The van der Waals surface area contributed by atoms with Gasteiger partial charge in [-0.3, -0.25) is 9.69 Å². The molecule has 2 fully saturated rings. The number of carbonyl (C=O) groups is 1. The lowest BCUT2D eigenvalue weighted by Gasteiger charge is -2.31. The Hall–Kier alpha value is -1.64. The molecular weight excluding hydrogens is 493 g/mol. The molecule has 0 aliphatic carbocycles. The first-order chi connectivity index (χ1) is 16.3. The highest BCUT2D eigenvalue weighted by atomic mass is 35.5. The minimum Gasteiger partial charge on any atom is -0.352 e. The summed E-state index contributed by atoms with van der Waals surface area (Å²) in [7, 11) is -3.60. The Bertz CT molecular complexity index is 1120. The standard InChI is InChI=1S/C25H31Cl2N3O3S/c26-23-9-8-22(24(27)14-23)18-34(32,33)30-12-4-7-21(17-30)25(31)28-15-19-5-3-6-20(13-19)16-29-10-1-2-11-29/h3,5-6,8-9,13-14,21H,1-2,4,7,10-12,15-18H2,(H,28,31). The van der Waals surface area contributed by atoms with Crippen LogP contribution < -0.4 is 5.32 Å². The van der Waals surface area contributed by atoms with Gasteiger partial charge in [0.1, 0.15) is 0 Å². The van der Waals surface area contributed by atoms with Crippen LogP contribution in [0.4, 0.5) is 0 Å². The molecule has 1 atom stereocenters. The quantitative estimate of drug-likeness (QED) is 0.554. The normalized spacial score (nSPS) is 19.9. The summed E-state index contributed by atoms with van der Waals surface area (Å²) in [6.45, 7) is 4.27. The third-order valence-electron chi connectivity index (χ3n) is 6.56. The second kappa shape index (κ2) is 11.4. The van der Waals surface area contributed by atoms with Gasteiger partial charge >= 0.3 is 0 Å². The van der Waals surface area contributed by atoms with E-state index in [1.807, 2.05) is 12.1 Å². The van der Waals surface area contributed by atoms with Crippen LogP contribution in [0.1, 0.15) is 42.4 Å². The number of nitrogens with zero attached hydrogens (tertiary/aromatic N) is 2. The second-order valence-corrected chi connectivity index (χ2v) is 12.0. The van der Waals surface area contributed by atoms with Crippen molar-refractivity contribution in [2.45, 2.75) is 44.5 Å². The van der Waals surface area contributed by atoms with E-state index in [4.69, 9.17) is 23.2 Å². The number of halogens is 2. The van der Waals surface area contributed by atoms with Gasteiger partial charge in [0.2, 0.25) is 15.9 Å². The molecule has 2 saturated heterocycles. The number of likely N-dealkylation sites (tertiary alicyclic amines) is 1. The van der Waals surface area contributed by atoms with Gasteiger partial charge in [-0.25, -0.2) is 12.7 Å². The van der Waals surface area contributed by atoms with E-state index >= 15 is 0 Å². The Morgan fingerprint density at radius 2 is 1.76 bits per heavy atom. The minimum atomic E-state index is -3.60. The SMILES string of the molecule is O=C(NCc1cccc(CN2CCCC2)c1)C1CCCN(S(=O)(=O)Cc2ccc(Cl)cc2Cl)C1. The Balaban J connectivity index is 1.32. The summed E-state index contributed by atoms with van der Waals surface area (Å²) >= 11 is 12.1. The molecule has 184 valence electrons. The number of carbonyl (C=O) groups excluding carboxylic acids is 1. The van der Waals surface area contributed by atoms with Gasteiger partial charge in [-0.05, 0) is 67.6 Å². The van der Waals surface area contributed by atoms with Crippen LogP contribution in [-0.2, 0) is 33.7 Å². The van der Waals surface area contributed by atoms with E-state index in [0.29, 0.717) is 41.5 Å². The van der Waals surface area contributed by atoms with Crippen molar-refractivity contribution in [3.63, 3.8) is 0 Å². The van der Waals surface area contributed by atoms with E-state index in [-0.39, 0.29) is 24.1 Å². The van der Waals surface area contributed by atoms with Crippen LogP contribution in [0, 0.1) is 5.92 Å². The average Bonchev–Trinajstić information content (AvgIpc) is 3.33.